The van der Waals surface area contributed by atoms with Crippen LogP contribution in [-0.2, 0) is 4.74 Å². The van der Waals surface area contributed by atoms with E-state index in [-0.39, 0.29) is 0 Å². The normalized spacial score (nSPS) is 48.5. The highest BCUT2D eigenvalue weighted by Crippen LogP contribution is 2.49. The van der Waals surface area contributed by atoms with Crippen molar-refractivity contribution in [3.63, 3.8) is 0 Å². The number of fused-ring (bicyclic) bond motifs is 1. The lowest BCUT2D eigenvalue weighted by atomic mass is 9.81. The van der Waals surface area contributed by atoms with Crippen LogP contribution in [0.2, 0.25) is 0 Å². The molecule has 0 radical (unpaired) electrons. The Labute approximate surface area is 69.1 Å². The molecule has 3 unspecified atom stereocenters. The summed E-state index contributed by atoms with van der Waals surface area (Å²) in [5.74, 6) is 0.973. The molecule has 0 aromatic rings. The molecule has 1 saturated carbocycles. The van der Waals surface area contributed by atoms with E-state index in [2.05, 4.69) is 13.8 Å². The smallest absolute Gasteiger partial charge is 0.0920 e. The molecular weight excluding hydrogens is 136 g/mol. The molecule has 1 heterocycles. The number of ether oxygens (including phenoxy) is 1. The second-order valence-corrected chi connectivity index (χ2v) is 4.35. The number of hydrogen-bond donors (Lipinski definition) is 0. The largest absolute Gasteiger partial charge is 0.366 e. The highest BCUT2D eigenvalue weighted by atomic mass is 16.6. The first-order chi connectivity index (χ1) is 5.24. The van der Waals surface area contributed by atoms with Gasteiger partial charge in [0, 0.05) is 0 Å². The lowest BCUT2D eigenvalue weighted by Gasteiger charge is -2.21. The molecule has 1 aliphatic heterocycles. The van der Waals surface area contributed by atoms with Gasteiger partial charge in [-0.3, -0.25) is 0 Å². The van der Waals surface area contributed by atoms with Crippen molar-refractivity contribution in [3.8, 4) is 0 Å². The van der Waals surface area contributed by atoms with E-state index in [1.807, 2.05) is 0 Å². The molecule has 0 N–H and O–H groups in total. The van der Waals surface area contributed by atoms with Crippen molar-refractivity contribution in [2.24, 2.45) is 5.92 Å². The minimum atomic E-state index is 0.324. The van der Waals surface area contributed by atoms with Crippen molar-refractivity contribution in [2.45, 2.75) is 57.7 Å². The molecule has 0 aromatic carbocycles. The third-order valence-electron chi connectivity index (χ3n) is 3.33. The summed E-state index contributed by atoms with van der Waals surface area (Å²) in [6, 6.07) is 0. The van der Waals surface area contributed by atoms with Crippen LogP contribution in [0.5, 0.6) is 0 Å². The zero-order chi connectivity index (χ0) is 7.90. The van der Waals surface area contributed by atoms with Crippen molar-refractivity contribution < 1.29 is 4.74 Å². The molecule has 3 atom stereocenters. The van der Waals surface area contributed by atoms with E-state index < -0.39 is 0 Å². The summed E-state index contributed by atoms with van der Waals surface area (Å²) in [7, 11) is 0. The summed E-state index contributed by atoms with van der Waals surface area (Å²) in [4.78, 5) is 0. The Balaban J connectivity index is 1.83. The van der Waals surface area contributed by atoms with Gasteiger partial charge in [-0.05, 0) is 32.1 Å². The van der Waals surface area contributed by atoms with E-state index in [0.29, 0.717) is 11.7 Å². The summed E-state index contributed by atoms with van der Waals surface area (Å²) in [5.41, 5.74) is 0.324. The quantitative estimate of drug-likeness (QED) is 0.557. The number of epoxide rings is 1. The van der Waals surface area contributed by atoms with Gasteiger partial charge in [0.25, 0.3) is 0 Å². The Morgan fingerprint density at radius 1 is 1.55 bits per heavy atom. The molecule has 0 aromatic heterocycles. The summed E-state index contributed by atoms with van der Waals surface area (Å²) in [6.45, 7) is 4.54. The molecular formula is C10H18O. The standard InChI is InChI=1S/C10H18O/c1-3-4-8-5-6-10(2)9(7-8)11-10/h8-9H,3-7H2,1-2H3. The maximum absolute atomic E-state index is 5.64. The highest BCUT2D eigenvalue weighted by molar-refractivity contribution is 5.03. The van der Waals surface area contributed by atoms with Crippen LogP contribution in [0, 0.1) is 5.92 Å². The maximum Gasteiger partial charge on any atom is 0.0920 e. The van der Waals surface area contributed by atoms with Gasteiger partial charge in [0.05, 0.1) is 11.7 Å². The molecule has 2 fully saturated rings. The highest BCUT2D eigenvalue weighted by Gasteiger charge is 2.54. The Morgan fingerprint density at radius 3 is 3.00 bits per heavy atom. The fourth-order valence-electron chi connectivity index (χ4n) is 2.39. The van der Waals surface area contributed by atoms with E-state index in [0.717, 1.165) is 5.92 Å². The fraction of sp³-hybridized carbons (Fsp3) is 1.00. The van der Waals surface area contributed by atoms with Gasteiger partial charge in [0.2, 0.25) is 0 Å². The SMILES string of the molecule is CCCC1CCC2(C)OC2C1. The van der Waals surface area contributed by atoms with Crippen molar-refractivity contribution >= 4 is 0 Å². The van der Waals surface area contributed by atoms with Gasteiger partial charge in [-0.25, -0.2) is 0 Å². The average molecular weight is 154 g/mol. The summed E-state index contributed by atoms with van der Waals surface area (Å²) in [6.07, 6.45) is 7.44. The lowest BCUT2D eigenvalue weighted by Crippen LogP contribution is -2.20. The van der Waals surface area contributed by atoms with Gasteiger partial charge < -0.3 is 4.74 Å². The van der Waals surface area contributed by atoms with Crippen LogP contribution >= 0.6 is 0 Å². The Bertz CT molecular complexity index is 155. The Hall–Kier alpha value is -0.0400. The molecule has 0 amide bonds. The van der Waals surface area contributed by atoms with Crippen molar-refractivity contribution in [3.05, 3.63) is 0 Å². The zero-order valence-electron chi connectivity index (χ0n) is 7.60. The van der Waals surface area contributed by atoms with Crippen LogP contribution in [0.4, 0.5) is 0 Å². The summed E-state index contributed by atoms with van der Waals surface area (Å²) < 4.78 is 5.64. The minimum absolute atomic E-state index is 0.324. The monoisotopic (exact) mass is 154 g/mol. The number of rotatable bonds is 2. The van der Waals surface area contributed by atoms with Gasteiger partial charge in [-0.2, -0.15) is 0 Å². The van der Waals surface area contributed by atoms with Crippen molar-refractivity contribution in [1.82, 2.24) is 0 Å². The third kappa shape index (κ3) is 1.31. The number of hydrogen-bond acceptors (Lipinski definition) is 1. The summed E-state index contributed by atoms with van der Waals surface area (Å²) in [5, 5.41) is 0. The van der Waals surface area contributed by atoms with E-state index in [1.54, 1.807) is 0 Å². The Morgan fingerprint density at radius 2 is 2.36 bits per heavy atom. The Kier molecular flexibility index (Phi) is 1.71. The molecule has 2 rings (SSSR count). The first kappa shape index (κ1) is 7.60. The molecule has 0 bridgehead atoms. The third-order valence-corrected chi connectivity index (χ3v) is 3.33. The van der Waals surface area contributed by atoms with Gasteiger partial charge in [0.1, 0.15) is 0 Å². The van der Waals surface area contributed by atoms with Gasteiger partial charge >= 0.3 is 0 Å². The van der Waals surface area contributed by atoms with E-state index in [1.165, 1.54) is 32.1 Å². The lowest BCUT2D eigenvalue weighted by molar-refractivity contribution is 0.299. The second kappa shape index (κ2) is 2.48. The first-order valence-corrected chi connectivity index (χ1v) is 4.92. The molecule has 2 aliphatic rings. The molecule has 1 heteroatoms. The fourth-order valence-corrected chi connectivity index (χ4v) is 2.39. The van der Waals surface area contributed by atoms with Crippen LogP contribution in [0.3, 0.4) is 0 Å². The molecule has 1 saturated heterocycles. The molecule has 1 nitrogen and oxygen atoms in total. The zero-order valence-corrected chi connectivity index (χ0v) is 7.60. The predicted octanol–water partition coefficient (Wildman–Crippen LogP) is 2.74. The van der Waals surface area contributed by atoms with Gasteiger partial charge in [0.15, 0.2) is 0 Å². The topological polar surface area (TPSA) is 12.5 Å². The predicted molar refractivity (Wildman–Crippen MR) is 45.5 cm³/mol. The minimum Gasteiger partial charge on any atom is -0.366 e. The van der Waals surface area contributed by atoms with E-state index >= 15 is 0 Å². The van der Waals surface area contributed by atoms with Crippen LogP contribution in [-0.4, -0.2) is 11.7 Å². The molecule has 64 valence electrons. The van der Waals surface area contributed by atoms with Crippen molar-refractivity contribution in [2.75, 3.05) is 0 Å². The first-order valence-electron chi connectivity index (χ1n) is 4.92. The maximum atomic E-state index is 5.64. The summed E-state index contributed by atoms with van der Waals surface area (Å²) >= 11 is 0. The van der Waals surface area contributed by atoms with Crippen LogP contribution in [0.1, 0.15) is 46.0 Å². The van der Waals surface area contributed by atoms with Gasteiger partial charge in [-0.1, -0.05) is 19.8 Å². The van der Waals surface area contributed by atoms with Crippen LogP contribution in [0.25, 0.3) is 0 Å². The van der Waals surface area contributed by atoms with E-state index in [9.17, 15) is 0 Å². The van der Waals surface area contributed by atoms with Crippen LogP contribution in [0.15, 0.2) is 0 Å². The van der Waals surface area contributed by atoms with Gasteiger partial charge in [-0.15, -0.1) is 0 Å². The second-order valence-electron chi connectivity index (χ2n) is 4.35. The van der Waals surface area contributed by atoms with Crippen molar-refractivity contribution in [1.29, 1.82) is 0 Å². The van der Waals surface area contributed by atoms with E-state index in [4.69, 9.17) is 4.74 Å². The molecule has 1 aliphatic carbocycles. The van der Waals surface area contributed by atoms with Crippen LogP contribution < -0.4 is 0 Å². The molecule has 11 heavy (non-hydrogen) atoms. The molecule has 0 spiro atoms. The average Bonchev–Trinajstić information content (AvgIpc) is 2.61.